The second kappa shape index (κ2) is 60.1. The van der Waals surface area contributed by atoms with E-state index in [1.165, 1.54) is 51.4 Å². The fourth-order valence-electron chi connectivity index (χ4n) is 7.64. The second-order valence-electron chi connectivity index (χ2n) is 19.2. The fourth-order valence-corrected chi connectivity index (χ4v) is 7.64. The Bertz CT molecular complexity index is 1580. The predicted molar refractivity (Wildman–Crippen MR) is 316 cm³/mol. The van der Waals surface area contributed by atoms with Crippen molar-refractivity contribution in [3.63, 3.8) is 0 Å². The molecule has 0 radical (unpaired) electrons. The monoisotopic (exact) mass is 1010 g/mol. The van der Waals surface area contributed by atoms with E-state index in [2.05, 4.69) is 154 Å². The van der Waals surface area contributed by atoms with Crippen LogP contribution in [0.3, 0.4) is 0 Å². The van der Waals surface area contributed by atoms with Gasteiger partial charge in [-0.2, -0.15) is 0 Å². The first-order valence-corrected chi connectivity index (χ1v) is 29.7. The summed E-state index contributed by atoms with van der Waals surface area (Å²) in [5.74, 6) is -0.953. The summed E-state index contributed by atoms with van der Waals surface area (Å²) in [5.41, 5.74) is 0. The van der Waals surface area contributed by atoms with E-state index in [-0.39, 0.29) is 31.1 Å². The molecule has 0 aromatic heterocycles. The highest BCUT2D eigenvalue weighted by Crippen LogP contribution is 2.13. The third-order valence-corrected chi connectivity index (χ3v) is 12.1. The Hall–Kier alpha value is -4.45. The fraction of sp³-hybridized carbons (Fsp3) is 0.627. The van der Waals surface area contributed by atoms with Crippen LogP contribution in [0.2, 0.25) is 0 Å². The van der Waals surface area contributed by atoms with E-state index in [0.29, 0.717) is 19.3 Å². The molecular formula is C67H108O6. The topological polar surface area (TPSA) is 78.9 Å². The summed E-state index contributed by atoms with van der Waals surface area (Å²) >= 11 is 0. The molecule has 1 unspecified atom stereocenters. The summed E-state index contributed by atoms with van der Waals surface area (Å²) in [7, 11) is 0. The number of carbonyl (C=O) groups excluding carboxylic acids is 3. The molecule has 0 aromatic carbocycles. The molecule has 0 aliphatic rings. The van der Waals surface area contributed by atoms with Gasteiger partial charge in [0.1, 0.15) is 13.2 Å². The minimum Gasteiger partial charge on any atom is -0.462 e. The molecule has 0 N–H and O–H groups in total. The average molecular weight is 1010 g/mol. The van der Waals surface area contributed by atoms with Crippen LogP contribution in [0.5, 0.6) is 0 Å². The average Bonchev–Trinajstić information content (AvgIpc) is 3.39. The van der Waals surface area contributed by atoms with Crippen LogP contribution in [0.15, 0.2) is 134 Å². The van der Waals surface area contributed by atoms with Crippen molar-refractivity contribution in [2.24, 2.45) is 0 Å². The summed E-state index contributed by atoms with van der Waals surface area (Å²) in [6.07, 6.45) is 84.5. The Morgan fingerprint density at radius 3 is 0.890 bits per heavy atom. The van der Waals surface area contributed by atoms with Crippen LogP contribution in [-0.4, -0.2) is 37.2 Å². The number of ether oxygens (including phenoxy) is 3. The summed E-state index contributed by atoms with van der Waals surface area (Å²) < 4.78 is 16.8. The summed E-state index contributed by atoms with van der Waals surface area (Å²) in [5, 5.41) is 0. The van der Waals surface area contributed by atoms with Gasteiger partial charge in [-0.05, 0) is 135 Å². The van der Waals surface area contributed by atoms with Gasteiger partial charge in [0.15, 0.2) is 6.10 Å². The van der Waals surface area contributed by atoms with Gasteiger partial charge in [0.2, 0.25) is 0 Å². The van der Waals surface area contributed by atoms with E-state index >= 15 is 0 Å². The molecule has 0 heterocycles. The van der Waals surface area contributed by atoms with Gasteiger partial charge in [0, 0.05) is 19.3 Å². The normalized spacial score (nSPS) is 13.1. The predicted octanol–water partition coefficient (Wildman–Crippen LogP) is 20.2. The number of hydrogen-bond donors (Lipinski definition) is 0. The van der Waals surface area contributed by atoms with E-state index < -0.39 is 6.10 Å². The number of esters is 3. The zero-order chi connectivity index (χ0) is 52.9. The summed E-state index contributed by atoms with van der Waals surface area (Å²) in [6, 6.07) is 0. The van der Waals surface area contributed by atoms with Crippen LogP contribution in [0.1, 0.15) is 252 Å². The molecule has 0 aromatic rings. The van der Waals surface area contributed by atoms with Gasteiger partial charge in [-0.1, -0.05) is 231 Å². The quantitative estimate of drug-likeness (QED) is 0.0261. The molecule has 0 saturated carbocycles. The van der Waals surface area contributed by atoms with Gasteiger partial charge in [-0.15, -0.1) is 0 Å². The number of rotatable bonds is 52. The van der Waals surface area contributed by atoms with E-state index in [1.54, 1.807) is 0 Å². The minimum atomic E-state index is -0.804. The van der Waals surface area contributed by atoms with Crippen molar-refractivity contribution in [3.05, 3.63) is 134 Å². The molecule has 0 bridgehead atoms. The zero-order valence-corrected chi connectivity index (χ0v) is 47.1. The lowest BCUT2D eigenvalue weighted by atomic mass is 10.1. The lowest BCUT2D eigenvalue weighted by molar-refractivity contribution is -0.167. The van der Waals surface area contributed by atoms with Crippen LogP contribution in [0.25, 0.3) is 0 Å². The molecule has 0 saturated heterocycles. The van der Waals surface area contributed by atoms with Gasteiger partial charge in [0.25, 0.3) is 0 Å². The van der Waals surface area contributed by atoms with Crippen LogP contribution >= 0.6 is 0 Å². The standard InChI is InChI=1S/C67H108O6/c1-4-7-10-13-16-19-22-24-26-27-28-29-30-31-32-33-34-35-36-37-38-39-41-42-45-48-51-54-57-60-66(69)72-63-64(62-71-65(68)59-56-53-50-47-44-21-18-15-12-9-6-3)73-67(70)61-58-55-52-49-46-43-40-25-23-20-17-14-11-8-5-2/h7,10,15-20,24-26,28-29,31-32,34-35,37-38,40-42,64H,4-6,8-9,11-14,21-23,27,30,33,36,39,43-63H2,1-3H3/b10-7-,18-15-,19-16-,20-17-,26-24-,29-28-,32-31-,35-34-,38-37-,40-25-,42-41-. The first-order valence-electron chi connectivity index (χ1n) is 29.7. The van der Waals surface area contributed by atoms with Crippen LogP contribution < -0.4 is 0 Å². The smallest absolute Gasteiger partial charge is 0.306 e. The third-order valence-electron chi connectivity index (χ3n) is 12.1. The highest BCUT2D eigenvalue weighted by atomic mass is 16.6. The van der Waals surface area contributed by atoms with Crippen molar-refractivity contribution in [2.45, 2.75) is 258 Å². The Kier molecular flexibility index (Phi) is 56.4. The molecule has 0 rings (SSSR count). The Morgan fingerprint density at radius 1 is 0.288 bits per heavy atom. The number of carbonyl (C=O) groups is 3. The summed E-state index contributed by atoms with van der Waals surface area (Å²) in [4.78, 5) is 38.1. The molecule has 0 fully saturated rings. The maximum atomic E-state index is 12.8. The van der Waals surface area contributed by atoms with Gasteiger partial charge in [-0.3, -0.25) is 14.4 Å². The molecule has 73 heavy (non-hydrogen) atoms. The number of hydrogen-bond acceptors (Lipinski definition) is 6. The van der Waals surface area contributed by atoms with E-state index in [0.717, 1.165) is 161 Å². The maximum Gasteiger partial charge on any atom is 0.306 e. The first-order chi connectivity index (χ1) is 36.0. The third kappa shape index (κ3) is 58.3. The highest BCUT2D eigenvalue weighted by Gasteiger charge is 2.19. The lowest BCUT2D eigenvalue weighted by Crippen LogP contribution is -2.30. The molecule has 1 atom stereocenters. The van der Waals surface area contributed by atoms with Crippen molar-refractivity contribution in [1.82, 2.24) is 0 Å². The second-order valence-corrected chi connectivity index (χ2v) is 19.2. The molecule has 0 amide bonds. The molecule has 6 nitrogen and oxygen atoms in total. The molecule has 6 heteroatoms. The van der Waals surface area contributed by atoms with Crippen molar-refractivity contribution in [3.8, 4) is 0 Å². The highest BCUT2D eigenvalue weighted by molar-refractivity contribution is 5.71. The minimum absolute atomic E-state index is 0.100. The number of unbranched alkanes of at least 4 members (excludes halogenated alkanes) is 19. The van der Waals surface area contributed by atoms with E-state index in [9.17, 15) is 14.4 Å². The van der Waals surface area contributed by atoms with Crippen LogP contribution in [0.4, 0.5) is 0 Å². The first kappa shape index (κ1) is 68.6. The van der Waals surface area contributed by atoms with Gasteiger partial charge in [0.05, 0.1) is 0 Å². The Morgan fingerprint density at radius 2 is 0.548 bits per heavy atom. The molecule has 0 aliphatic carbocycles. The van der Waals surface area contributed by atoms with Crippen molar-refractivity contribution >= 4 is 17.9 Å². The Balaban J connectivity index is 4.37. The molecule has 412 valence electrons. The zero-order valence-electron chi connectivity index (χ0n) is 47.1. The number of allylic oxidation sites excluding steroid dienone is 22. The molecule has 0 aliphatic heterocycles. The van der Waals surface area contributed by atoms with Crippen molar-refractivity contribution in [2.75, 3.05) is 13.2 Å². The van der Waals surface area contributed by atoms with Crippen molar-refractivity contribution in [1.29, 1.82) is 0 Å². The van der Waals surface area contributed by atoms with E-state index in [4.69, 9.17) is 14.2 Å². The lowest BCUT2D eigenvalue weighted by Gasteiger charge is -2.18. The van der Waals surface area contributed by atoms with Gasteiger partial charge in [-0.25, -0.2) is 0 Å². The maximum absolute atomic E-state index is 12.8. The SMILES string of the molecule is CC/C=C\C/C=C\C/C=C\C/C=C\C/C=C\C/C=C\C/C=C\C/C=C\CCCCCCC(=O)OCC(COC(=O)CCCCCCC/C=C\CCCC)OC(=O)CCCCCCC/C=C\C/C=C\CCCCC. The van der Waals surface area contributed by atoms with Gasteiger partial charge < -0.3 is 14.2 Å². The van der Waals surface area contributed by atoms with Crippen LogP contribution in [-0.2, 0) is 28.6 Å². The molecular weight excluding hydrogens is 901 g/mol. The van der Waals surface area contributed by atoms with E-state index in [1.807, 2.05) is 0 Å². The largest absolute Gasteiger partial charge is 0.462 e. The Labute approximate surface area is 449 Å². The van der Waals surface area contributed by atoms with Gasteiger partial charge >= 0.3 is 17.9 Å². The van der Waals surface area contributed by atoms with Crippen LogP contribution in [0, 0.1) is 0 Å². The van der Waals surface area contributed by atoms with Crippen molar-refractivity contribution < 1.29 is 28.6 Å². The molecule has 0 spiro atoms. The summed E-state index contributed by atoms with van der Waals surface area (Å²) in [6.45, 7) is 6.41.